The van der Waals surface area contributed by atoms with Gasteiger partial charge in [-0.3, -0.25) is 0 Å². The molecule has 0 fully saturated rings. The first-order valence-corrected chi connectivity index (χ1v) is 22.1. The van der Waals surface area contributed by atoms with Crippen LogP contribution in [0.1, 0.15) is 79.8 Å². The van der Waals surface area contributed by atoms with Crippen molar-refractivity contribution in [2.45, 2.75) is 74.1 Å². The first-order chi connectivity index (χ1) is 21.5. The molecule has 6 rings (SSSR count). The van der Waals surface area contributed by atoms with E-state index in [4.69, 9.17) is 17.0 Å². The summed E-state index contributed by atoms with van der Waals surface area (Å²) in [7, 11) is 9.87. The van der Waals surface area contributed by atoms with Crippen LogP contribution in [0.15, 0.2) is 97.1 Å². The molecule has 236 valence electrons. The first-order valence-electron chi connectivity index (χ1n) is 15.7. The average molecular weight is 714 g/mol. The van der Waals surface area contributed by atoms with Crippen LogP contribution in [0.3, 0.4) is 0 Å². The van der Waals surface area contributed by atoms with Crippen molar-refractivity contribution in [3.05, 3.63) is 137 Å². The first kappa shape index (κ1) is 37.0. The van der Waals surface area contributed by atoms with Gasteiger partial charge in [0.25, 0.3) is 0 Å². The number of hydrogen-bond acceptors (Lipinski definition) is 0. The molecular formula is C42H47Cl2Zr-3. The van der Waals surface area contributed by atoms with Gasteiger partial charge in [0.05, 0.1) is 0 Å². The standard InChI is InChI=1S/2C20H21.C2H5.2ClH.Zr/c2*1-13(2)17-11-19-15(4)7-10-18(20(19)12-17)16-8-5-14(3)6-9-16;1-2;;;/h2*5-13H,1-4H3;1H2,2H3;2*1H;/q3*-1;;;+2/p-2. The van der Waals surface area contributed by atoms with Crippen LogP contribution in [0.2, 0.25) is 0 Å². The summed E-state index contributed by atoms with van der Waals surface area (Å²) in [5.41, 5.74) is 13.5. The number of halogens is 2. The van der Waals surface area contributed by atoms with Gasteiger partial charge in [0, 0.05) is 0 Å². The van der Waals surface area contributed by atoms with Crippen LogP contribution < -0.4 is 0 Å². The van der Waals surface area contributed by atoms with Crippen LogP contribution in [0.5, 0.6) is 0 Å². The number of aryl methyl sites for hydroxylation is 4. The van der Waals surface area contributed by atoms with Crippen molar-refractivity contribution < 1.29 is 20.8 Å². The molecule has 0 aliphatic rings. The SMILES string of the molecule is Cc1ccc(-c2ccc(C)c3[cH-]c(C(C)C)cc23)cc1.Cc1ccc(-c2ccc(C)c3[cH-]c(C(C)C)cc23)cc1.[CH2-]C.[Cl][Zr][Cl]. The van der Waals surface area contributed by atoms with Crippen molar-refractivity contribution in [2.75, 3.05) is 0 Å². The van der Waals surface area contributed by atoms with Crippen LogP contribution >= 0.6 is 17.0 Å². The molecule has 0 saturated carbocycles. The Morgan fingerprint density at radius 3 is 1.13 bits per heavy atom. The van der Waals surface area contributed by atoms with Gasteiger partial charge in [-0.25, -0.2) is 0 Å². The van der Waals surface area contributed by atoms with E-state index in [0.29, 0.717) is 11.8 Å². The van der Waals surface area contributed by atoms with Crippen LogP contribution in [0, 0.1) is 34.6 Å². The molecule has 6 aromatic carbocycles. The van der Waals surface area contributed by atoms with Crippen LogP contribution in [-0.4, -0.2) is 0 Å². The molecule has 0 atom stereocenters. The van der Waals surface area contributed by atoms with Crippen molar-refractivity contribution in [3.8, 4) is 22.3 Å². The van der Waals surface area contributed by atoms with Gasteiger partial charge in [0.15, 0.2) is 0 Å². The van der Waals surface area contributed by atoms with Crippen molar-refractivity contribution in [1.29, 1.82) is 0 Å². The van der Waals surface area contributed by atoms with Crippen molar-refractivity contribution >= 4 is 38.6 Å². The summed E-state index contributed by atoms with van der Waals surface area (Å²) < 4.78 is 0. The number of hydrogen-bond donors (Lipinski definition) is 0. The Morgan fingerprint density at radius 1 is 0.533 bits per heavy atom. The molecule has 45 heavy (non-hydrogen) atoms. The minimum atomic E-state index is -0.826. The molecule has 3 heteroatoms. The van der Waals surface area contributed by atoms with E-state index in [0.717, 1.165) is 0 Å². The molecule has 0 bridgehead atoms. The molecular weight excluding hydrogens is 667 g/mol. The summed E-state index contributed by atoms with van der Waals surface area (Å²) in [6, 6.07) is 36.1. The Bertz CT molecular complexity index is 1650. The summed E-state index contributed by atoms with van der Waals surface area (Å²) in [6.45, 7) is 22.7. The zero-order chi connectivity index (χ0) is 33.3. The van der Waals surface area contributed by atoms with E-state index >= 15 is 0 Å². The van der Waals surface area contributed by atoms with Gasteiger partial charge < -0.3 is 6.92 Å². The van der Waals surface area contributed by atoms with E-state index in [9.17, 15) is 0 Å². The van der Waals surface area contributed by atoms with Gasteiger partial charge >= 0.3 is 37.9 Å². The molecule has 0 radical (unpaired) electrons. The van der Waals surface area contributed by atoms with Crippen molar-refractivity contribution in [3.63, 3.8) is 0 Å². The zero-order valence-corrected chi connectivity index (χ0v) is 32.3. The molecule has 0 heterocycles. The monoisotopic (exact) mass is 711 g/mol. The third kappa shape index (κ3) is 9.32. The molecule has 6 aromatic rings. The van der Waals surface area contributed by atoms with E-state index in [1.54, 1.807) is 6.92 Å². The molecule has 0 aliphatic heterocycles. The fourth-order valence-electron chi connectivity index (χ4n) is 5.57. The second kappa shape index (κ2) is 17.5. The van der Waals surface area contributed by atoms with Crippen LogP contribution in [0.4, 0.5) is 0 Å². The van der Waals surface area contributed by atoms with Gasteiger partial charge in [0.2, 0.25) is 0 Å². The summed E-state index contributed by atoms with van der Waals surface area (Å²) in [6.07, 6.45) is 0. The van der Waals surface area contributed by atoms with E-state index in [-0.39, 0.29) is 0 Å². The molecule has 0 amide bonds. The molecule has 0 aromatic heterocycles. The third-order valence-electron chi connectivity index (χ3n) is 8.31. The predicted molar refractivity (Wildman–Crippen MR) is 200 cm³/mol. The van der Waals surface area contributed by atoms with Crippen molar-refractivity contribution in [1.82, 2.24) is 0 Å². The topological polar surface area (TPSA) is 0 Å². The average Bonchev–Trinajstić information content (AvgIpc) is 3.68. The molecule has 0 unspecified atom stereocenters. The van der Waals surface area contributed by atoms with Crippen LogP contribution in [0.25, 0.3) is 43.8 Å². The van der Waals surface area contributed by atoms with Gasteiger partial charge in [-0.05, 0) is 36.8 Å². The number of fused-ring (bicyclic) bond motifs is 2. The maximum absolute atomic E-state index is 4.93. The summed E-state index contributed by atoms with van der Waals surface area (Å²) in [5.74, 6) is 1.15. The Morgan fingerprint density at radius 2 is 0.844 bits per heavy atom. The second-order valence-corrected chi connectivity index (χ2v) is 15.9. The summed E-state index contributed by atoms with van der Waals surface area (Å²) in [4.78, 5) is 0. The van der Waals surface area contributed by atoms with Crippen molar-refractivity contribution in [2.24, 2.45) is 0 Å². The van der Waals surface area contributed by atoms with Crippen LogP contribution in [-0.2, 0) is 20.8 Å². The molecule has 0 N–H and O–H groups in total. The van der Waals surface area contributed by atoms with Gasteiger partial charge in [-0.1, -0.05) is 124 Å². The number of rotatable bonds is 4. The zero-order valence-electron chi connectivity index (χ0n) is 28.4. The van der Waals surface area contributed by atoms with Gasteiger partial charge in [-0.15, -0.1) is 68.1 Å². The summed E-state index contributed by atoms with van der Waals surface area (Å²) in [5, 5.41) is 5.56. The number of benzene rings is 4. The fourth-order valence-corrected chi connectivity index (χ4v) is 5.57. The second-order valence-electron chi connectivity index (χ2n) is 12.2. The molecule has 0 aliphatic carbocycles. The Balaban J connectivity index is 0.000000215. The van der Waals surface area contributed by atoms with E-state index in [1.807, 2.05) is 0 Å². The third-order valence-corrected chi connectivity index (χ3v) is 8.31. The Labute approximate surface area is 291 Å². The quantitative estimate of drug-likeness (QED) is 0.160. The normalized spacial score (nSPS) is 10.6. The molecule has 0 nitrogen and oxygen atoms in total. The van der Waals surface area contributed by atoms with E-state index in [1.165, 1.54) is 77.2 Å². The minimum absolute atomic E-state index is 0.577. The molecule has 0 spiro atoms. The maximum atomic E-state index is 4.93. The van der Waals surface area contributed by atoms with E-state index < -0.39 is 20.8 Å². The Hall–Kier alpha value is -2.44. The van der Waals surface area contributed by atoms with E-state index in [2.05, 4.69) is 159 Å². The fraction of sp³-hybridized carbons (Fsp3) is 0.262. The Kier molecular flexibility index (Phi) is 14.4. The van der Waals surface area contributed by atoms with Gasteiger partial charge in [0.1, 0.15) is 0 Å². The molecule has 0 saturated heterocycles. The predicted octanol–water partition coefficient (Wildman–Crippen LogP) is 14.1. The van der Waals surface area contributed by atoms with Gasteiger partial charge in [-0.2, -0.15) is 19.1 Å². The summed E-state index contributed by atoms with van der Waals surface area (Å²) >= 11 is -0.826.